The summed E-state index contributed by atoms with van der Waals surface area (Å²) in [7, 11) is 0. The molecule has 0 N–H and O–H groups in total. The molecule has 1 unspecified atom stereocenters. The third-order valence-electron chi connectivity index (χ3n) is 3.24. The predicted octanol–water partition coefficient (Wildman–Crippen LogP) is 4.64. The molecule has 0 amide bonds. The second kappa shape index (κ2) is 5.67. The van der Waals surface area contributed by atoms with Gasteiger partial charge in [0.05, 0.1) is 0 Å². The van der Waals surface area contributed by atoms with Crippen molar-refractivity contribution >= 4 is 0 Å². The van der Waals surface area contributed by atoms with Gasteiger partial charge in [0.25, 0.3) is 0 Å². The first-order valence-electron chi connectivity index (χ1n) is 6.18. The standard InChI is InChI=1S/C13H26/c1-11(2)5-4-6-12(3)7-8-13-9-10-13/h11-13H,4-10H2,1-3H3. The van der Waals surface area contributed by atoms with Gasteiger partial charge in [0.1, 0.15) is 0 Å². The Morgan fingerprint density at radius 1 is 1.00 bits per heavy atom. The van der Waals surface area contributed by atoms with E-state index in [9.17, 15) is 0 Å². The van der Waals surface area contributed by atoms with E-state index in [1.54, 1.807) is 0 Å². The van der Waals surface area contributed by atoms with E-state index in [0.717, 1.165) is 17.8 Å². The predicted molar refractivity (Wildman–Crippen MR) is 59.8 cm³/mol. The van der Waals surface area contributed by atoms with Crippen LogP contribution in [0.3, 0.4) is 0 Å². The molecule has 1 aliphatic carbocycles. The van der Waals surface area contributed by atoms with Crippen LogP contribution in [0.1, 0.15) is 65.7 Å². The zero-order valence-electron chi connectivity index (χ0n) is 9.68. The molecule has 13 heavy (non-hydrogen) atoms. The lowest BCUT2D eigenvalue weighted by Crippen LogP contribution is -1.97. The van der Waals surface area contributed by atoms with Crippen LogP contribution in [0.15, 0.2) is 0 Å². The fraction of sp³-hybridized carbons (Fsp3) is 1.00. The number of hydrogen-bond acceptors (Lipinski definition) is 0. The van der Waals surface area contributed by atoms with E-state index < -0.39 is 0 Å². The molecular weight excluding hydrogens is 156 g/mol. The summed E-state index contributed by atoms with van der Waals surface area (Å²) >= 11 is 0. The number of rotatable bonds is 7. The smallest absolute Gasteiger partial charge is 0.0414 e. The van der Waals surface area contributed by atoms with Gasteiger partial charge in [-0.25, -0.2) is 0 Å². The number of hydrogen-bond donors (Lipinski definition) is 0. The minimum atomic E-state index is 0.899. The summed E-state index contributed by atoms with van der Waals surface area (Å²) in [5.41, 5.74) is 0. The van der Waals surface area contributed by atoms with Gasteiger partial charge in [-0.05, 0) is 17.8 Å². The molecule has 0 heteroatoms. The van der Waals surface area contributed by atoms with Gasteiger partial charge in [0, 0.05) is 0 Å². The van der Waals surface area contributed by atoms with E-state index in [2.05, 4.69) is 20.8 Å². The summed E-state index contributed by atoms with van der Waals surface area (Å²) in [5, 5.41) is 0. The Labute approximate surface area is 84.1 Å². The Kier molecular flexibility index (Phi) is 4.83. The third-order valence-corrected chi connectivity index (χ3v) is 3.24. The van der Waals surface area contributed by atoms with Crippen LogP contribution in [-0.4, -0.2) is 0 Å². The highest BCUT2D eigenvalue weighted by Crippen LogP contribution is 2.35. The van der Waals surface area contributed by atoms with Crippen molar-refractivity contribution in [3.05, 3.63) is 0 Å². The lowest BCUT2D eigenvalue weighted by molar-refractivity contribution is 0.418. The monoisotopic (exact) mass is 182 g/mol. The van der Waals surface area contributed by atoms with Gasteiger partial charge in [-0.1, -0.05) is 65.7 Å². The summed E-state index contributed by atoms with van der Waals surface area (Å²) in [5.74, 6) is 3.02. The van der Waals surface area contributed by atoms with Crippen LogP contribution in [0, 0.1) is 17.8 Å². The van der Waals surface area contributed by atoms with Crippen LogP contribution in [0.25, 0.3) is 0 Å². The average Bonchev–Trinajstić information content (AvgIpc) is 2.83. The maximum Gasteiger partial charge on any atom is -0.0414 e. The third kappa shape index (κ3) is 6.12. The minimum absolute atomic E-state index is 0.899. The van der Waals surface area contributed by atoms with Crippen LogP contribution in [0.5, 0.6) is 0 Å². The molecule has 0 spiro atoms. The van der Waals surface area contributed by atoms with Gasteiger partial charge in [-0.15, -0.1) is 0 Å². The first-order valence-corrected chi connectivity index (χ1v) is 6.18. The molecule has 1 fully saturated rings. The van der Waals surface area contributed by atoms with Gasteiger partial charge in [0.15, 0.2) is 0 Å². The van der Waals surface area contributed by atoms with Gasteiger partial charge < -0.3 is 0 Å². The second-order valence-corrected chi connectivity index (χ2v) is 5.45. The summed E-state index contributed by atoms with van der Waals surface area (Å²) in [6, 6.07) is 0. The molecule has 1 saturated carbocycles. The highest BCUT2D eigenvalue weighted by molar-refractivity contribution is 4.73. The van der Waals surface area contributed by atoms with Crippen molar-refractivity contribution in [2.24, 2.45) is 17.8 Å². The van der Waals surface area contributed by atoms with Crippen molar-refractivity contribution < 1.29 is 0 Å². The second-order valence-electron chi connectivity index (χ2n) is 5.45. The van der Waals surface area contributed by atoms with Crippen molar-refractivity contribution in [1.82, 2.24) is 0 Å². The Bertz CT molecular complexity index is 122. The Morgan fingerprint density at radius 2 is 1.69 bits per heavy atom. The van der Waals surface area contributed by atoms with E-state index in [1.807, 2.05) is 0 Å². The summed E-state index contributed by atoms with van der Waals surface area (Å²) in [6.07, 6.45) is 10.4. The van der Waals surface area contributed by atoms with Crippen LogP contribution in [0.2, 0.25) is 0 Å². The Morgan fingerprint density at radius 3 is 2.23 bits per heavy atom. The maximum atomic E-state index is 2.43. The fourth-order valence-electron chi connectivity index (χ4n) is 1.95. The van der Waals surface area contributed by atoms with Gasteiger partial charge in [0.2, 0.25) is 0 Å². The average molecular weight is 182 g/mol. The molecule has 1 aliphatic rings. The lowest BCUT2D eigenvalue weighted by atomic mass is 9.95. The molecule has 1 atom stereocenters. The van der Waals surface area contributed by atoms with Crippen LogP contribution in [0.4, 0.5) is 0 Å². The maximum absolute atomic E-state index is 2.43. The SMILES string of the molecule is CC(C)CCCC(C)CCC1CC1. The minimum Gasteiger partial charge on any atom is -0.0628 e. The molecule has 0 heterocycles. The molecule has 78 valence electrons. The van der Waals surface area contributed by atoms with E-state index in [0.29, 0.717) is 0 Å². The lowest BCUT2D eigenvalue weighted by Gasteiger charge is -2.11. The van der Waals surface area contributed by atoms with E-state index in [4.69, 9.17) is 0 Å². The van der Waals surface area contributed by atoms with Crippen molar-refractivity contribution in [2.75, 3.05) is 0 Å². The molecule has 1 rings (SSSR count). The van der Waals surface area contributed by atoms with Gasteiger partial charge in [-0.3, -0.25) is 0 Å². The van der Waals surface area contributed by atoms with E-state index >= 15 is 0 Å². The fourth-order valence-corrected chi connectivity index (χ4v) is 1.95. The van der Waals surface area contributed by atoms with Crippen molar-refractivity contribution in [3.63, 3.8) is 0 Å². The highest BCUT2D eigenvalue weighted by atomic mass is 14.3. The quantitative estimate of drug-likeness (QED) is 0.538. The van der Waals surface area contributed by atoms with Gasteiger partial charge >= 0.3 is 0 Å². The molecule has 0 aromatic carbocycles. The summed E-state index contributed by atoms with van der Waals surface area (Å²) in [4.78, 5) is 0. The van der Waals surface area contributed by atoms with Crippen molar-refractivity contribution in [1.29, 1.82) is 0 Å². The summed E-state index contributed by atoms with van der Waals surface area (Å²) in [6.45, 7) is 7.09. The molecular formula is C13H26. The Balaban J connectivity index is 1.87. The molecule has 0 aromatic rings. The van der Waals surface area contributed by atoms with E-state index in [1.165, 1.54) is 44.9 Å². The van der Waals surface area contributed by atoms with Crippen molar-refractivity contribution in [3.8, 4) is 0 Å². The molecule has 0 radical (unpaired) electrons. The first-order chi connectivity index (χ1) is 6.18. The normalized spacial score (nSPS) is 19.4. The topological polar surface area (TPSA) is 0 Å². The molecule has 0 nitrogen and oxygen atoms in total. The van der Waals surface area contributed by atoms with E-state index in [-0.39, 0.29) is 0 Å². The van der Waals surface area contributed by atoms with Crippen LogP contribution >= 0.6 is 0 Å². The zero-order valence-corrected chi connectivity index (χ0v) is 9.68. The molecule has 0 bridgehead atoms. The summed E-state index contributed by atoms with van der Waals surface area (Å²) < 4.78 is 0. The van der Waals surface area contributed by atoms with Gasteiger partial charge in [-0.2, -0.15) is 0 Å². The first kappa shape index (κ1) is 11.1. The Hall–Kier alpha value is 0. The van der Waals surface area contributed by atoms with Crippen LogP contribution < -0.4 is 0 Å². The largest absolute Gasteiger partial charge is 0.0628 e. The molecule has 0 aliphatic heterocycles. The van der Waals surface area contributed by atoms with Crippen LogP contribution in [-0.2, 0) is 0 Å². The molecule has 0 saturated heterocycles. The van der Waals surface area contributed by atoms with Crippen molar-refractivity contribution in [2.45, 2.75) is 65.7 Å². The highest BCUT2D eigenvalue weighted by Gasteiger charge is 2.21. The zero-order chi connectivity index (χ0) is 9.68. The molecule has 0 aromatic heterocycles.